The van der Waals surface area contributed by atoms with Crippen molar-refractivity contribution in [1.29, 1.82) is 0 Å². The number of ether oxygens (including phenoxy) is 1. The number of carboxylic acids is 1. The minimum absolute atomic E-state index is 0.00242. The number of carbonyl (C=O) groups is 2. The fourth-order valence-electron chi connectivity index (χ4n) is 3.24. The first-order valence-electron chi connectivity index (χ1n) is 10.8. The van der Waals surface area contributed by atoms with Crippen molar-refractivity contribution in [3.63, 3.8) is 0 Å². The Morgan fingerprint density at radius 3 is 2.23 bits per heavy atom. The second-order valence-corrected chi connectivity index (χ2v) is 7.50. The zero-order chi connectivity index (χ0) is 21.6. The van der Waals surface area contributed by atoms with Crippen LogP contribution in [0.3, 0.4) is 0 Å². The molecule has 0 fully saturated rings. The van der Waals surface area contributed by atoms with Gasteiger partial charge in [0.15, 0.2) is 6.61 Å². The largest absolute Gasteiger partial charge is 0.484 e. The third-order valence-electron chi connectivity index (χ3n) is 5.06. The Hall–Kier alpha value is -2.82. The van der Waals surface area contributed by atoms with Crippen molar-refractivity contribution in [1.82, 2.24) is 4.90 Å². The van der Waals surface area contributed by atoms with Gasteiger partial charge in [-0.25, -0.2) is 0 Å². The fraction of sp³-hybridized carbons (Fsp3) is 0.440. The van der Waals surface area contributed by atoms with Gasteiger partial charge in [-0.1, -0.05) is 68.7 Å². The number of unbranched alkanes of at least 4 members (excludes halogenated alkanes) is 3. The normalized spacial score (nSPS) is 10.6. The van der Waals surface area contributed by atoms with Gasteiger partial charge in [-0.3, -0.25) is 9.59 Å². The number of carboxylic acid groups (broad SMARTS) is 1. The molecule has 0 heterocycles. The maximum Gasteiger partial charge on any atom is 0.303 e. The third kappa shape index (κ3) is 9.12. The van der Waals surface area contributed by atoms with E-state index in [0.717, 1.165) is 31.4 Å². The Bertz CT molecular complexity index is 758. The number of hydrogen-bond acceptors (Lipinski definition) is 3. The maximum atomic E-state index is 12.8. The van der Waals surface area contributed by atoms with E-state index in [1.165, 1.54) is 18.4 Å². The molecular formula is C25H33NO4. The van der Waals surface area contributed by atoms with E-state index in [4.69, 9.17) is 9.84 Å². The molecule has 5 nitrogen and oxygen atoms in total. The molecule has 0 aromatic heterocycles. The molecule has 0 saturated carbocycles. The van der Waals surface area contributed by atoms with Crippen LogP contribution in [-0.2, 0) is 22.4 Å². The Morgan fingerprint density at radius 2 is 1.57 bits per heavy atom. The van der Waals surface area contributed by atoms with Crippen LogP contribution in [0, 0.1) is 0 Å². The Balaban J connectivity index is 1.86. The molecule has 0 aliphatic carbocycles. The molecule has 0 atom stereocenters. The summed E-state index contributed by atoms with van der Waals surface area (Å²) in [5.41, 5.74) is 2.17. The lowest BCUT2D eigenvalue weighted by atomic mass is 10.1. The van der Waals surface area contributed by atoms with Crippen molar-refractivity contribution in [2.45, 2.75) is 51.9 Å². The highest BCUT2D eigenvalue weighted by atomic mass is 16.5. The van der Waals surface area contributed by atoms with E-state index in [9.17, 15) is 9.59 Å². The van der Waals surface area contributed by atoms with Gasteiger partial charge in [-0.05, 0) is 42.5 Å². The van der Waals surface area contributed by atoms with Crippen molar-refractivity contribution in [2.24, 2.45) is 0 Å². The Labute approximate surface area is 179 Å². The number of amides is 1. The summed E-state index contributed by atoms with van der Waals surface area (Å²) in [4.78, 5) is 25.4. The Morgan fingerprint density at radius 1 is 0.867 bits per heavy atom. The van der Waals surface area contributed by atoms with Crippen LogP contribution >= 0.6 is 0 Å². The highest BCUT2D eigenvalue weighted by molar-refractivity contribution is 5.77. The monoisotopic (exact) mass is 411 g/mol. The molecule has 0 spiro atoms. The predicted molar refractivity (Wildman–Crippen MR) is 119 cm³/mol. The molecule has 0 saturated heterocycles. The van der Waals surface area contributed by atoms with Crippen molar-refractivity contribution in [3.8, 4) is 5.75 Å². The standard InChI is InChI=1S/C25H33NO4/c1-2-3-4-8-18-26(19-17-21-9-6-5-7-10-21)24(27)20-30-23-14-11-22(12-15-23)13-16-25(28)29/h5-7,9-12,14-15H,2-4,8,13,16-20H2,1H3,(H,28,29). The van der Waals surface area contributed by atoms with E-state index in [0.29, 0.717) is 18.7 Å². The number of hydrogen-bond donors (Lipinski definition) is 1. The minimum Gasteiger partial charge on any atom is -0.484 e. The van der Waals surface area contributed by atoms with E-state index in [1.807, 2.05) is 35.2 Å². The number of nitrogens with zero attached hydrogens (tertiary/aromatic N) is 1. The van der Waals surface area contributed by atoms with Crippen LogP contribution in [-0.4, -0.2) is 41.6 Å². The van der Waals surface area contributed by atoms with Crippen LogP contribution in [0.1, 0.15) is 50.2 Å². The van der Waals surface area contributed by atoms with Crippen molar-refractivity contribution < 1.29 is 19.4 Å². The van der Waals surface area contributed by atoms with Crippen LogP contribution in [0.25, 0.3) is 0 Å². The maximum absolute atomic E-state index is 12.8. The first kappa shape index (κ1) is 23.5. The highest BCUT2D eigenvalue weighted by Gasteiger charge is 2.14. The molecule has 0 radical (unpaired) electrons. The molecule has 1 N–H and O–H groups in total. The lowest BCUT2D eigenvalue weighted by Gasteiger charge is -2.23. The molecule has 0 aliphatic rings. The number of benzene rings is 2. The summed E-state index contributed by atoms with van der Waals surface area (Å²) < 4.78 is 5.70. The summed E-state index contributed by atoms with van der Waals surface area (Å²) in [6.07, 6.45) is 5.91. The molecule has 2 rings (SSSR count). The number of aliphatic carboxylic acids is 1. The predicted octanol–water partition coefficient (Wildman–Crippen LogP) is 4.73. The summed E-state index contributed by atoms with van der Waals surface area (Å²) in [5, 5.41) is 8.77. The van der Waals surface area contributed by atoms with E-state index in [2.05, 4.69) is 19.1 Å². The van der Waals surface area contributed by atoms with Crippen LogP contribution in [0.15, 0.2) is 54.6 Å². The zero-order valence-electron chi connectivity index (χ0n) is 17.9. The average Bonchev–Trinajstić information content (AvgIpc) is 2.77. The Kier molecular flexibility index (Phi) is 10.5. The van der Waals surface area contributed by atoms with Gasteiger partial charge in [0.05, 0.1) is 0 Å². The molecule has 30 heavy (non-hydrogen) atoms. The number of carbonyl (C=O) groups excluding carboxylic acids is 1. The van der Waals surface area contributed by atoms with E-state index in [-0.39, 0.29) is 18.9 Å². The van der Waals surface area contributed by atoms with Gasteiger partial charge >= 0.3 is 5.97 Å². The quantitative estimate of drug-likeness (QED) is 0.456. The van der Waals surface area contributed by atoms with Crippen LogP contribution in [0.4, 0.5) is 0 Å². The molecule has 0 unspecified atom stereocenters. The number of aryl methyl sites for hydroxylation is 1. The van der Waals surface area contributed by atoms with Gasteiger partial charge < -0.3 is 14.7 Å². The fourth-order valence-corrected chi connectivity index (χ4v) is 3.24. The lowest BCUT2D eigenvalue weighted by Crippen LogP contribution is -2.37. The van der Waals surface area contributed by atoms with Gasteiger partial charge in [0.2, 0.25) is 0 Å². The number of rotatable bonds is 14. The van der Waals surface area contributed by atoms with E-state index < -0.39 is 5.97 Å². The average molecular weight is 412 g/mol. The van der Waals surface area contributed by atoms with E-state index in [1.54, 1.807) is 12.1 Å². The van der Waals surface area contributed by atoms with Gasteiger partial charge in [0.25, 0.3) is 5.91 Å². The first-order chi connectivity index (χ1) is 14.6. The SMILES string of the molecule is CCCCCCN(CCc1ccccc1)C(=O)COc1ccc(CCC(=O)O)cc1. The molecular weight excluding hydrogens is 378 g/mol. The van der Waals surface area contributed by atoms with E-state index >= 15 is 0 Å². The molecule has 0 aliphatic heterocycles. The minimum atomic E-state index is -0.810. The second-order valence-electron chi connectivity index (χ2n) is 7.50. The molecule has 5 heteroatoms. The van der Waals surface area contributed by atoms with Gasteiger partial charge in [0.1, 0.15) is 5.75 Å². The summed E-state index contributed by atoms with van der Waals surface area (Å²) in [6.45, 7) is 3.63. The van der Waals surface area contributed by atoms with Gasteiger partial charge in [-0.15, -0.1) is 0 Å². The van der Waals surface area contributed by atoms with Crippen LogP contribution in [0.2, 0.25) is 0 Å². The molecule has 2 aromatic rings. The van der Waals surface area contributed by atoms with Gasteiger partial charge in [-0.2, -0.15) is 0 Å². The van der Waals surface area contributed by atoms with Crippen molar-refractivity contribution in [2.75, 3.05) is 19.7 Å². The highest BCUT2D eigenvalue weighted by Crippen LogP contribution is 2.14. The van der Waals surface area contributed by atoms with Crippen molar-refractivity contribution >= 4 is 11.9 Å². The first-order valence-corrected chi connectivity index (χ1v) is 10.8. The summed E-state index contributed by atoms with van der Waals surface area (Å²) >= 11 is 0. The summed E-state index contributed by atoms with van der Waals surface area (Å²) in [7, 11) is 0. The summed E-state index contributed by atoms with van der Waals surface area (Å²) in [6, 6.07) is 17.5. The second kappa shape index (κ2) is 13.4. The van der Waals surface area contributed by atoms with Gasteiger partial charge in [0, 0.05) is 19.5 Å². The molecule has 0 bridgehead atoms. The molecule has 1 amide bonds. The van der Waals surface area contributed by atoms with Crippen LogP contribution in [0.5, 0.6) is 5.75 Å². The third-order valence-corrected chi connectivity index (χ3v) is 5.06. The smallest absolute Gasteiger partial charge is 0.303 e. The van der Waals surface area contributed by atoms with Crippen molar-refractivity contribution in [3.05, 3.63) is 65.7 Å². The molecule has 162 valence electrons. The lowest BCUT2D eigenvalue weighted by molar-refractivity contribution is -0.137. The summed E-state index contributed by atoms with van der Waals surface area (Å²) in [5.74, 6) is -0.191. The van der Waals surface area contributed by atoms with Crippen LogP contribution < -0.4 is 4.74 Å². The topological polar surface area (TPSA) is 66.8 Å². The molecule has 2 aromatic carbocycles. The zero-order valence-corrected chi connectivity index (χ0v) is 17.9.